The minimum absolute atomic E-state index is 0.0152. The van der Waals surface area contributed by atoms with E-state index in [4.69, 9.17) is 20.5 Å². The lowest BCUT2D eigenvalue weighted by molar-refractivity contribution is -0.123. The molecule has 0 aliphatic carbocycles. The van der Waals surface area contributed by atoms with Gasteiger partial charge in [0.2, 0.25) is 0 Å². The topological polar surface area (TPSA) is 90.0 Å². The van der Waals surface area contributed by atoms with Crippen LogP contribution in [0.15, 0.2) is 76.5 Å². The van der Waals surface area contributed by atoms with Crippen LogP contribution in [0.1, 0.15) is 23.6 Å². The predicted molar refractivity (Wildman–Crippen MR) is 140 cm³/mol. The third-order valence-electron chi connectivity index (χ3n) is 5.23. The Bertz CT molecular complexity index is 1450. The molecule has 1 aliphatic rings. The number of ether oxygens (including phenoxy) is 1. The van der Waals surface area contributed by atoms with Crippen LogP contribution in [0.3, 0.4) is 0 Å². The molecule has 0 aromatic heterocycles. The molecule has 0 radical (unpaired) electrons. The molecule has 0 atom stereocenters. The summed E-state index contributed by atoms with van der Waals surface area (Å²) in [5.74, 6) is -0.233. The zero-order chi connectivity index (χ0) is 25.9. The molecule has 1 saturated heterocycles. The fourth-order valence-corrected chi connectivity index (χ4v) is 5.38. The number of halogens is 1. The fraction of sp³-hybridized carbons (Fsp3) is 0.154. The van der Waals surface area contributed by atoms with Crippen LogP contribution >= 0.6 is 23.4 Å². The Morgan fingerprint density at radius 3 is 2.42 bits per heavy atom. The lowest BCUT2D eigenvalue weighted by Crippen LogP contribution is -2.27. The maximum atomic E-state index is 12.9. The first-order valence-corrected chi connectivity index (χ1v) is 13.5. The molecule has 10 heteroatoms. The molecule has 0 N–H and O–H groups in total. The predicted octanol–water partition coefficient (Wildman–Crippen LogP) is 6.05. The van der Waals surface area contributed by atoms with E-state index in [1.165, 1.54) is 18.2 Å². The summed E-state index contributed by atoms with van der Waals surface area (Å²) < 4.78 is 36.4. The summed E-state index contributed by atoms with van der Waals surface area (Å²) in [6.45, 7) is 3.94. The average molecular weight is 544 g/mol. The Morgan fingerprint density at radius 1 is 1.00 bits per heavy atom. The molecule has 3 aromatic rings. The van der Waals surface area contributed by atoms with Gasteiger partial charge in [0.15, 0.2) is 11.5 Å². The summed E-state index contributed by atoms with van der Waals surface area (Å²) >= 11 is 7.00. The van der Waals surface area contributed by atoms with E-state index < -0.39 is 21.3 Å². The summed E-state index contributed by atoms with van der Waals surface area (Å²) in [7, 11) is -4.08. The number of aryl methyl sites for hydroxylation is 1. The number of hydrogen-bond acceptors (Lipinski definition) is 7. The van der Waals surface area contributed by atoms with Crippen LogP contribution in [-0.4, -0.2) is 31.1 Å². The summed E-state index contributed by atoms with van der Waals surface area (Å²) in [6.07, 6.45) is 1.55. The fourth-order valence-electron chi connectivity index (χ4n) is 3.41. The number of hydrogen-bond donors (Lipinski definition) is 0. The molecule has 0 bridgehead atoms. The standard InChI is InChI=1S/C26H22ClNO6S2/c1-3-33-23-14-18(10-13-22(23)34-36(31,32)20-11-8-17(2)9-12-20)15-24-25(29)28(26(30)35-24)16-19-6-4-5-7-21(19)27/h4-15H,3,16H2,1-2H3/b24-15-. The van der Waals surface area contributed by atoms with Gasteiger partial charge in [-0.25, -0.2) is 0 Å². The molecule has 2 amide bonds. The smallest absolute Gasteiger partial charge is 0.339 e. The number of carbonyl (C=O) groups is 2. The van der Waals surface area contributed by atoms with Crippen molar-refractivity contribution in [3.8, 4) is 11.5 Å². The number of imide groups is 1. The van der Waals surface area contributed by atoms with Gasteiger partial charge in [0.05, 0.1) is 18.1 Å². The van der Waals surface area contributed by atoms with Crippen molar-refractivity contribution in [1.82, 2.24) is 4.90 Å². The highest BCUT2D eigenvalue weighted by Gasteiger charge is 2.35. The van der Waals surface area contributed by atoms with Crippen molar-refractivity contribution in [3.05, 3.63) is 93.3 Å². The molecule has 1 aliphatic heterocycles. The van der Waals surface area contributed by atoms with Gasteiger partial charge in [0.25, 0.3) is 11.1 Å². The van der Waals surface area contributed by atoms with Crippen LogP contribution in [0.4, 0.5) is 4.79 Å². The second-order valence-electron chi connectivity index (χ2n) is 7.85. The number of nitrogens with zero attached hydrogens (tertiary/aromatic N) is 1. The summed E-state index contributed by atoms with van der Waals surface area (Å²) in [6, 6.07) is 17.9. The first kappa shape index (κ1) is 25.8. The zero-order valence-electron chi connectivity index (χ0n) is 19.4. The Hall–Kier alpha value is -3.27. The maximum Gasteiger partial charge on any atom is 0.339 e. The molecule has 4 rings (SSSR count). The van der Waals surface area contributed by atoms with Crippen LogP contribution in [0, 0.1) is 6.92 Å². The van der Waals surface area contributed by atoms with Crippen molar-refractivity contribution >= 4 is 50.7 Å². The van der Waals surface area contributed by atoms with Crippen LogP contribution < -0.4 is 8.92 Å². The lowest BCUT2D eigenvalue weighted by Gasteiger charge is -2.13. The van der Waals surface area contributed by atoms with Gasteiger partial charge in [-0.2, -0.15) is 8.42 Å². The molecule has 7 nitrogen and oxygen atoms in total. The summed E-state index contributed by atoms with van der Waals surface area (Å²) in [5.41, 5.74) is 2.13. The minimum atomic E-state index is -4.08. The zero-order valence-corrected chi connectivity index (χ0v) is 21.8. The molecular formula is C26H22ClNO6S2. The molecule has 1 fully saturated rings. The average Bonchev–Trinajstić information content (AvgIpc) is 3.09. The number of amides is 2. The molecule has 0 unspecified atom stereocenters. The second kappa shape index (κ2) is 10.8. The van der Waals surface area contributed by atoms with Crippen molar-refractivity contribution < 1.29 is 26.9 Å². The van der Waals surface area contributed by atoms with Gasteiger partial charge in [-0.15, -0.1) is 0 Å². The quantitative estimate of drug-likeness (QED) is 0.252. The third-order valence-corrected chi connectivity index (χ3v) is 7.76. The second-order valence-corrected chi connectivity index (χ2v) is 10.8. The molecule has 0 spiro atoms. The molecule has 1 heterocycles. The van der Waals surface area contributed by atoms with Gasteiger partial charge in [-0.1, -0.05) is 53.6 Å². The number of benzene rings is 3. The van der Waals surface area contributed by atoms with Gasteiger partial charge in [0, 0.05) is 5.02 Å². The Balaban J connectivity index is 1.58. The van der Waals surface area contributed by atoms with Crippen LogP contribution in [-0.2, 0) is 21.5 Å². The molecule has 36 heavy (non-hydrogen) atoms. The van der Waals surface area contributed by atoms with E-state index in [1.54, 1.807) is 61.5 Å². The number of rotatable bonds is 8. The Kier molecular flexibility index (Phi) is 7.73. The van der Waals surface area contributed by atoms with Crippen LogP contribution in [0.25, 0.3) is 6.08 Å². The van der Waals surface area contributed by atoms with E-state index in [0.717, 1.165) is 22.2 Å². The van der Waals surface area contributed by atoms with Crippen molar-refractivity contribution in [3.63, 3.8) is 0 Å². The van der Waals surface area contributed by atoms with Crippen LogP contribution in [0.5, 0.6) is 11.5 Å². The molecule has 186 valence electrons. The molecule has 0 saturated carbocycles. The normalized spacial score (nSPS) is 15.0. The van der Waals surface area contributed by atoms with E-state index in [2.05, 4.69) is 0 Å². The van der Waals surface area contributed by atoms with Crippen LogP contribution in [0.2, 0.25) is 5.02 Å². The molecule has 3 aromatic carbocycles. The summed E-state index contributed by atoms with van der Waals surface area (Å²) in [5, 5.41) is 0.0680. The van der Waals surface area contributed by atoms with Gasteiger partial charge in [-0.3, -0.25) is 14.5 Å². The largest absolute Gasteiger partial charge is 0.490 e. The van der Waals surface area contributed by atoms with E-state index in [9.17, 15) is 18.0 Å². The third kappa shape index (κ3) is 5.75. The van der Waals surface area contributed by atoms with Crippen molar-refractivity contribution in [2.45, 2.75) is 25.3 Å². The SMILES string of the molecule is CCOc1cc(/C=C2\SC(=O)N(Cc3ccccc3Cl)C2=O)ccc1OS(=O)(=O)c1ccc(C)cc1. The van der Waals surface area contributed by atoms with E-state index >= 15 is 0 Å². The Labute approximate surface area is 218 Å². The highest BCUT2D eigenvalue weighted by molar-refractivity contribution is 8.18. The first-order chi connectivity index (χ1) is 17.2. The van der Waals surface area contributed by atoms with E-state index in [0.29, 0.717) is 16.1 Å². The van der Waals surface area contributed by atoms with E-state index in [-0.39, 0.29) is 34.5 Å². The number of thioether (sulfide) groups is 1. The summed E-state index contributed by atoms with van der Waals surface area (Å²) in [4.78, 5) is 26.8. The molecular weight excluding hydrogens is 522 g/mol. The first-order valence-electron chi connectivity index (χ1n) is 10.9. The maximum absolute atomic E-state index is 12.9. The Morgan fingerprint density at radius 2 is 1.72 bits per heavy atom. The van der Waals surface area contributed by atoms with Crippen molar-refractivity contribution in [2.24, 2.45) is 0 Å². The van der Waals surface area contributed by atoms with Crippen molar-refractivity contribution in [2.75, 3.05) is 6.61 Å². The van der Waals surface area contributed by atoms with E-state index in [1.807, 2.05) is 6.92 Å². The highest BCUT2D eigenvalue weighted by atomic mass is 35.5. The van der Waals surface area contributed by atoms with Gasteiger partial charge in [0.1, 0.15) is 4.90 Å². The highest BCUT2D eigenvalue weighted by Crippen LogP contribution is 2.36. The van der Waals surface area contributed by atoms with Gasteiger partial charge >= 0.3 is 10.1 Å². The number of carbonyl (C=O) groups excluding carboxylic acids is 2. The van der Waals surface area contributed by atoms with Gasteiger partial charge in [-0.05, 0) is 73.1 Å². The lowest BCUT2D eigenvalue weighted by atomic mass is 10.1. The monoisotopic (exact) mass is 543 g/mol. The van der Waals surface area contributed by atoms with Crippen molar-refractivity contribution in [1.29, 1.82) is 0 Å². The van der Waals surface area contributed by atoms with Gasteiger partial charge < -0.3 is 8.92 Å². The minimum Gasteiger partial charge on any atom is -0.490 e.